The van der Waals surface area contributed by atoms with Gasteiger partial charge in [-0.05, 0) is 29.7 Å². The van der Waals surface area contributed by atoms with Crippen molar-refractivity contribution in [1.29, 1.82) is 0 Å². The van der Waals surface area contributed by atoms with Gasteiger partial charge in [-0.1, -0.05) is 36.4 Å². The van der Waals surface area contributed by atoms with Gasteiger partial charge in [-0.15, -0.1) is 0 Å². The normalized spacial score (nSPS) is 14.0. The molecule has 1 heterocycles. The van der Waals surface area contributed by atoms with Gasteiger partial charge in [-0.3, -0.25) is 0 Å². The van der Waals surface area contributed by atoms with E-state index >= 15 is 0 Å². The van der Waals surface area contributed by atoms with Crippen LogP contribution in [0.1, 0.15) is 5.56 Å². The van der Waals surface area contributed by atoms with Crippen molar-refractivity contribution in [2.45, 2.75) is 6.92 Å². The van der Waals surface area contributed by atoms with Crippen LogP contribution in [0.15, 0.2) is 42.5 Å². The molecular weight excluding hydrogens is 222 g/mol. The maximum atomic E-state index is 5.72. The van der Waals surface area contributed by atoms with Crippen molar-refractivity contribution in [3.05, 3.63) is 48.0 Å². The van der Waals surface area contributed by atoms with Crippen LogP contribution in [0.25, 0.3) is 11.1 Å². The van der Waals surface area contributed by atoms with Gasteiger partial charge in [0.15, 0.2) is 0 Å². The summed E-state index contributed by atoms with van der Waals surface area (Å²) in [6.07, 6.45) is 0. The van der Waals surface area contributed by atoms with Gasteiger partial charge >= 0.3 is 0 Å². The number of rotatable bonds is 1. The second kappa shape index (κ2) is 4.37. The second-order valence-electron chi connectivity index (χ2n) is 4.72. The maximum absolute atomic E-state index is 5.72. The zero-order valence-corrected chi connectivity index (χ0v) is 10.8. The van der Waals surface area contributed by atoms with Crippen molar-refractivity contribution in [2.75, 3.05) is 25.1 Å². The molecule has 0 fully saturated rings. The molecule has 0 atom stereocenters. The molecule has 0 saturated heterocycles. The van der Waals surface area contributed by atoms with Gasteiger partial charge in [0.1, 0.15) is 12.4 Å². The lowest BCUT2D eigenvalue weighted by Gasteiger charge is -2.30. The summed E-state index contributed by atoms with van der Waals surface area (Å²) in [5.41, 5.74) is 5.06. The second-order valence-corrected chi connectivity index (χ2v) is 4.72. The zero-order chi connectivity index (χ0) is 12.5. The zero-order valence-electron chi connectivity index (χ0n) is 10.8. The molecule has 18 heavy (non-hydrogen) atoms. The van der Waals surface area contributed by atoms with Crippen molar-refractivity contribution in [2.24, 2.45) is 0 Å². The number of ether oxygens (including phenoxy) is 1. The predicted octanol–water partition coefficient (Wildman–Crippen LogP) is 3.49. The Morgan fingerprint density at radius 2 is 1.83 bits per heavy atom. The van der Waals surface area contributed by atoms with Crippen LogP contribution in [0.2, 0.25) is 0 Å². The largest absolute Gasteiger partial charge is 0.490 e. The van der Waals surface area contributed by atoms with Gasteiger partial charge in [0, 0.05) is 7.05 Å². The van der Waals surface area contributed by atoms with Crippen molar-refractivity contribution in [3.63, 3.8) is 0 Å². The summed E-state index contributed by atoms with van der Waals surface area (Å²) >= 11 is 0. The summed E-state index contributed by atoms with van der Waals surface area (Å²) in [5, 5.41) is 0. The van der Waals surface area contributed by atoms with Crippen LogP contribution >= 0.6 is 0 Å². The van der Waals surface area contributed by atoms with Gasteiger partial charge < -0.3 is 9.64 Å². The Balaban J connectivity index is 2.16. The average molecular weight is 239 g/mol. The summed E-state index contributed by atoms with van der Waals surface area (Å²) in [7, 11) is 2.13. The standard InChI is InChI=1S/C16H17NO/c1-12-14(13-6-4-3-5-7-13)8-9-15-16(12)17(2)10-11-18-15/h3-9H,10-11H2,1-2H3. The molecule has 1 aliphatic rings. The Labute approximate surface area is 108 Å². The van der Waals surface area contributed by atoms with Crippen LogP contribution < -0.4 is 9.64 Å². The molecular formula is C16H17NO. The van der Waals surface area contributed by atoms with Crippen molar-refractivity contribution >= 4 is 5.69 Å². The fraction of sp³-hybridized carbons (Fsp3) is 0.250. The van der Waals surface area contributed by atoms with Crippen LogP contribution in [0.3, 0.4) is 0 Å². The number of nitrogens with zero attached hydrogens (tertiary/aromatic N) is 1. The minimum Gasteiger partial charge on any atom is -0.490 e. The molecule has 0 aromatic heterocycles. The highest BCUT2D eigenvalue weighted by Gasteiger charge is 2.19. The monoisotopic (exact) mass is 239 g/mol. The Morgan fingerprint density at radius 3 is 2.61 bits per heavy atom. The Morgan fingerprint density at radius 1 is 1.06 bits per heavy atom. The van der Waals surface area contributed by atoms with Crippen LogP contribution in [-0.2, 0) is 0 Å². The highest BCUT2D eigenvalue weighted by Crippen LogP contribution is 2.39. The van der Waals surface area contributed by atoms with Gasteiger partial charge in [0.2, 0.25) is 0 Å². The van der Waals surface area contributed by atoms with E-state index in [-0.39, 0.29) is 0 Å². The van der Waals surface area contributed by atoms with E-state index in [1.807, 2.05) is 6.07 Å². The van der Waals surface area contributed by atoms with Gasteiger partial charge in [-0.2, -0.15) is 0 Å². The summed E-state index contributed by atoms with van der Waals surface area (Å²) in [6, 6.07) is 14.7. The van der Waals surface area contributed by atoms with Crippen LogP contribution in [0, 0.1) is 6.92 Å². The Hall–Kier alpha value is -1.96. The molecule has 0 unspecified atom stereocenters. The fourth-order valence-corrected chi connectivity index (χ4v) is 2.60. The number of hydrogen-bond acceptors (Lipinski definition) is 2. The molecule has 2 nitrogen and oxygen atoms in total. The molecule has 0 spiro atoms. The third-order valence-corrected chi connectivity index (χ3v) is 3.54. The van der Waals surface area contributed by atoms with Crippen LogP contribution in [-0.4, -0.2) is 20.2 Å². The number of likely N-dealkylation sites (N-methyl/N-ethyl adjacent to an activating group) is 1. The van der Waals surface area contributed by atoms with E-state index in [2.05, 4.69) is 55.3 Å². The average Bonchev–Trinajstić information content (AvgIpc) is 2.40. The first-order valence-electron chi connectivity index (χ1n) is 6.30. The smallest absolute Gasteiger partial charge is 0.142 e. The fourth-order valence-electron chi connectivity index (χ4n) is 2.60. The van der Waals surface area contributed by atoms with E-state index in [9.17, 15) is 0 Å². The molecule has 3 rings (SSSR count). The van der Waals surface area contributed by atoms with Crippen LogP contribution in [0.5, 0.6) is 5.75 Å². The molecule has 2 aromatic carbocycles. The maximum Gasteiger partial charge on any atom is 0.142 e. The number of anilines is 1. The third-order valence-electron chi connectivity index (χ3n) is 3.54. The first kappa shape index (κ1) is 11.1. The van der Waals surface area contributed by atoms with Crippen molar-refractivity contribution in [1.82, 2.24) is 0 Å². The summed E-state index contributed by atoms with van der Waals surface area (Å²) in [6.45, 7) is 3.89. The Bertz CT molecular complexity index is 563. The van der Waals surface area contributed by atoms with E-state index in [4.69, 9.17) is 4.74 Å². The molecule has 0 aliphatic carbocycles. The molecule has 2 heteroatoms. The first-order chi connectivity index (χ1) is 8.77. The van der Waals surface area contributed by atoms with Crippen molar-refractivity contribution < 1.29 is 4.74 Å². The molecule has 1 aliphatic heterocycles. The topological polar surface area (TPSA) is 12.5 Å². The SMILES string of the molecule is Cc1c(-c2ccccc2)ccc2c1N(C)CCO2. The molecule has 0 N–H and O–H groups in total. The Kier molecular flexibility index (Phi) is 2.71. The predicted molar refractivity (Wildman–Crippen MR) is 75.4 cm³/mol. The van der Waals surface area contributed by atoms with E-state index in [0.29, 0.717) is 0 Å². The highest BCUT2D eigenvalue weighted by molar-refractivity contribution is 5.78. The molecule has 0 saturated carbocycles. The summed E-state index contributed by atoms with van der Waals surface area (Å²) in [5.74, 6) is 1.00. The molecule has 0 bridgehead atoms. The summed E-state index contributed by atoms with van der Waals surface area (Å²) < 4.78 is 5.72. The first-order valence-corrected chi connectivity index (χ1v) is 6.30. The van der Waals surface area contributed by atoms with Gasteiger partial charge in [-0.25, -0.2) is 0 Å². The van der Waals surface area contributed by atoms with Gasteiger partial charge in [0.25, 0.3) is 0 Å². The minimum absolute atomic E-state index is 0.771. The quantitative estimate of drug-likeness (QED) is 0.755. The van der Waals surface area contributed by atoms with E-state index in [0.717, 1.165) is 18.9 Å². The number of fused-ring (bicyclic) bond motifs is 1. The molecule has 92 valence electrons. The lowest BCUT2D eigenvalue weighted by Crippen LogP contribution is -2.29. The molecule has 0 radical (unpaired) electrons. The van der Waals surface area contributed by atoms with Crippen LogP contribution in [0.4, 0.5) is 5.69 Å². The van der Waals surface area contributed by atoms with E-state index in [1.165, 1.54) is 22.4 Å². The van der Waals surface area contributed by atoms with E-state index in [1.54, 1.807) is 0 Å². The summed E-state index contributed by atoms with van der Waals surface area (Å²) in [4.78, 5) is 2.28. The lowest BCUT2D eigenvalue weighted by atomic mass is 9.98. The van der Waals surface area contributed by atoms with E-state index < -0.39 is 0 Å². The number of benzene rings is 2. The third kappa shape index (κ3) is 1.74. The van der Waals surface area contributed by atoms with Gasteiger partial charge in [0.05, 0.1) is 12.2 Å². The highest BCUT2D eigenvalue weighted by atomic mass is 16.5. The number of hydrogen-bond donors (Lipinski definition) is 0. The van der Waals surface area contributed by atoms with Crippen molar-refractivity contribution in [3.8, 4) is 16.9 Å². The molecule has 2 aromatic rings. The lowest BCUT2D eigenvalue weighted by molar-refractivity contribution is 0.311. The minimum atomic E-state index is 0.771. The molecule has 0 amide bonds.